The molecule has 0 aliphatic carbocycles. The summed E-state index contributed by atoms with van der Waals surface area (Å²) in [6.07, 6.45) is 0. The number of hydrogen-bond acceptors (Lipinski definition) is 5. The molecule has 0 unspecified atom stereocenters. The summed E-state index contributed by atoms with van der Waals surface area (Å²) in [5.41, 5.74) is 0.880. The predicted molar refractivity (Wildman–Crippen MR) is 88.6 cm³/mol. The Morgan fingerprint density at radius 3 is 2.74 bits per heavy atom. The standard InChI is InChI=1S/C16H15ClN2O3S/c1-3-23-15-10(8-18)12(9-6-4-5-7-11(9)17)13(14(20)19-15)16(21)22-2/h4-7,12-13H,3H2,1-2H3,(H,19,20)/t12-,13+/m1/s1. The smallest absolute Gasteiger partial charge is 0.319 e. The lowest BCUT2D eigenvalue weighted by atomic mass is 9.78. The van der Waals surface area contributed by atoms with Crippen molar-refractivity contribution < 1.29 is 14.3 Å². The Hall–Kier alpha value is -1.97. The molecule has 0 bridgehead atoms. The van der Waals surface area contributed by atoms with Crippen LogP contribution in [0.5, 0.6) is 0 Å². The van der Waals surface area contributed by atoms with Crippen LogP contribution in [0.15, 0.2) is 34.9 Å². The van der Waals surface area contributed by atoms with Gasteiger partial charge in [-0.05, 0) is 17.4 Å². The van der Waals surface area contributed by atoms with E-state index in [-0.39, 0.29) is 0 Å². The largest absolute Gasteiger partial charge is 0.468 e. The molecule has 1 aromatic rings. The third kappa shape index (κ3) is 3.36. The molecule has 1 heterocycles. The number of carbonyl (C=O) groups is 2. The highest BCUT2D eigenvalue weighted by molar-refractivity contribution is 8.03. The van der Waals surface area contributed by atoms with Crippen molar-refractivity contribution in [2.45, 2.75) is 12.8 Å². The van der Waals surface area contributed by atoms with Crippen LogP contribution in [0.3, 0.4) is 0 Å². The molecule has 0 spiro atoms. The molecule has 23 heavy (non-hydrogen) atoms. The number of benzene rings is 1. The van der Waals surface area contributed by atoms with Gasteiger partial charge >= 0.3 is 5.97 Å². The van der Waals surface area contributed by atoms with E-state index in [1.807, 2.05) is 6.92 Å². The van der Waals surface area contributed by atoms with Crippen molar-refractivity contribution in [2.24, 2.45) is 5.92 Å². The van der Waals surface area contributed by atoms with Gasteiger partial charge in [0.05, 0.1) is 23.8 Å². The topological polar surface area (TPSA) is 79.2 Å². The molecule has 0 radical (unpaired) electrons. The number of methoxy groups -OCH3 is 1. The van der Waals surface area contributed by atoms with Gasteiger partial charge in [0.15, 0.2) is 0 Å². The molecule has 5 nitrogen and oxygen atoms in total. The zero-order chi connectivity index (χ0) is 17.0. The first-order valence-corrected chi connectivity index (χ1v) is 8.31. The normalized spacial score (nSPS) is 20.7. The lowest BCUT2D eigenvalue weighted by molar-refractivity contribution is -0.150. The van der Waals surface area contributed by atoms with Crippen LogP contribution in [-0.4, -0.2) is 24.7 Å². The summed E-state index contributed by atoms with van der Waals surface area (Å²) < 4.78 is 4.76. The van der Waals surface area contributed by atoms with Crippen molar-refractivity contribution in [3.05, 3.63) is 45.5 Å². The highest BCUT2D eigenvalue weighted by atomic mass is 35.5. The number of ether oxygens (including phenoxy) is 1. The van der Waals surface area contributed by atoms with Crippen molar-refractivity contribution >= 4 is 35.2 Å². The molecular weight excluding hydrogens is 336 g/mol. The van der Waals surface area contributed by atoms with Crippen LogP contribution in [0, 0.1) is 17.2 Å². The third-order valence-electron chi connectivity index (χ3n) is 3.51. The fourth-order valence-electron chi connectivity index (χ4n) is 2.53. The summed E-state index contributed by atoms with van der Waals surface area (Å²) in [7, 11) is 1.21. The molecule has 1 N–H and O–H groups in total. The molecule has 2 rings (SSSR count). The average Bonchev–Trinajstić information content (AvgIpc) is 2.54. The SMILES string of the molecule is CCSC1=C(C#N)[C@@H](c2ccccc2Cl)[C@H](C(=O)OC)C(=O)N1. The Labute approximate surface area is 143 Å². The van der Waals surface area contributed by atoms with E-state index in [0.717, 1.165) is 0 Å². The number of thioether (sulfide) groups is 1. The number of esters is 1. The first-order valence-electron chi connectivity index (χ1n) is 6.95. The van der Waals surface area contributed by atoms with Gasteiger partial charge in [-0.3, -0.25) is 9.59 Å². The maximum absolute atomic E-state index is 12.4. The van der Waals surface area contributed by atoms with Crippen molar-refractivity contribution in [3.8, 4) is 6.07 Å². The fraction of sp³-hybridized carbons (Fsp3) is 0.312. The second kappa shape index (κ2) is 7.53. The Morgan fingerprint density at radius 1 is 1.48 bits per heavy atom. The zero-order valence-electron chi connectivity index (χ0n) is 12.6. The minimum Gasteiger partial charge on any atom is -0.468 e. The van der Waals surface area contributed by atoms with Crippen molar-refractivity contribution in [3.63, 3.8) is 0 Å². The average molecular weight is 351 g/mol. The second-order valence-electron chi connectivity index (χ2n) is 4.78. The third-order valence-corrected chi connectivity index (χ3v) is 4.76. The highest BCUT2D eigenvalue weighted by Gasteiger charge is 2.44. The van der Waals surface area contributed by atoms with Crippen LogP contribution >= 0.6 is 23.4 Å². The number of nitrogens with zero attached hydrogens (tertiary/aromatic N) is 1. The Bertz CT molecular complexity index is 712. The number of hydrogen-bond donors (Lipinski definition) is 1. The molecule has 120 valence electrons. The predicted octanol–water partition coefficient (Wildman–Crippen LogP) is 2.83. The lowest BCUT2D eigenvalue weighted by Crippen LogP contribution is -2.44. The van der Waals surface area contributed by atoms with Crippen molar-refractivity contribution in [2.75, 3.05) is 12.9 Å². The van der Waals surface area contributed by atoms with Gasteiger partial charge in [0.25, 0.3) is 0 Å². The number of nitrogens with one attached hydrogen (secondary N) is 1. The molecule has 2 atom stereocenters. The molecule has 1 aromatic carbocycles. The molecule has 0 fully saturated rings. The summed E-state index contributed by atoms with van der Waals surface area (Å²) in [6, 6.07) is 9.01. The molecule has 0 saturated carbocycles. The summed E-state index contributed by atoms with van der Waals surface area (Å²) >= 11 is 7.59. The minimum absolute atomic E-state index is 0.319. The molecule has 1 aliphatic heterocycles. The number of halogens is 1. The van der Waals surface area contributed by atoms with E-state index in [0.29, 0.717) is 26.9 Å². The van der Waals surface area contributed by atoms with Gasteiger partial charge in [0.1, 0.15) is 5.92 Å². The number of carbonyl (C=O) groups excluding carboxylic acids is 2. The number of amides is 1. The maximum atomic E-state index is 12.4. The van der Waals surface area contributed by atoms with Crippen molar-refractivity contribution in [1.82, 2.24) is 5.32 Å². The first kappa shape index (κ1) is 17.4. The van der Waals surface area contributed by atoms with Crippen LogP contribution in [0.1, 0.15) is 18.4 Å². The fourth-order valence-corrected chi connectivity index (χ4v) is 3.57. The lowest BCUT2D eigenvalue weighted by Gasteiger charge is -2.31. The monoisotopic (exact) mass is 350 g/mol. The summed E-state index contributed by atoms with van der Waals surface area (Å²) in [6.45, 7) is 1.91. The van der Waals surface area contributed by atoms with E-state index in [2.05, 4.69) is 11.4 Å². The van der Waals surface area contributed by atoms with E-state index < -0.39 is 23.7 Å². The Balaban J connectivity index is 2.67. The van der Waals surface area contributed by atoms with E-state index in [1.54, 1.807) is 24.3 Å². The van der Waals surface area contributed by atoms with Gasteiger partial charge in [-0.2, -0.15) is 5.26 Å². The molecule has 7 heteroatoms. The molecule has 1 amide bonds. The zero-order valence-corrected chi connectivity index (χ0v) is 14.2. The maximum Gasteiger partial charge on any atom is 0.319 e. The van der Waals surface area contributed by atoms with Gasteiger partial charge in [-0.1, -0.05) is 36.7 Å². The van der Waals surface area contributed by atoms with E-state index in [9.17, 15) is 14.9 Å². The molecular formula is C16H15ClN2O3S. The van der Waals surface area contributed by atoms with Crippen LogP contribution in [-0.2, 0) is 14.3 Å². The van der Waals surface area contributed by atoms with E-state index >= 15 is 0 Å². The van der Waals surface area contributed by atoms with E-state index in [1.165, 1.54) is 18.9 Å². The molecule has 0 saturated heterocycles. The quantitative estimate of drug-likeness (QED) is 0.667. The Morgan fingerprint density at radius 2 is 2.17 bits per heavy atom. The first-order chi connectivity index (χ1) is 11.0. The highest BCUT2D eigenvalue weighted by Crippen LogP contribution is 2.42. The van der Waals surface area contributed by atoms with Crippen LogP contribution in [0.2, 0.25) is 5.02 Å². The van der Waals surface area contributed by atoms with Crippen LogP contribution < -0.4 is 5.32 Å². The molecule has 0 aromatic heterocycles. The number of allylic oxidation sites excluding steroid dienone is 1. The summed E-state index contributed by atoms with van der Waals surface area (Å²) in [5.74, 6) is -2.41. The van der Waals surface area contributed by atoms with Gasteiger partial charge in [0.2, 0.25) is 5.91 Å². The van der Waals surface area contributed by atoms with Gasteiger partial charge in [-0.15, -0.1) is 11.8 Å². The number of nitriles is 1. The minimum atomic E-state index is -1.14. The summed E-state index contributed by atoms with van der Waals surface area (Å²) in [5, 5.41) is 13.1. The van der Waals surface area contributed by atoms with Crippen molar-refractivity contribution in [1.29, 1.82) is 5.26 Å². The summed E-state index contributed by atoms with van der Waals surface area (Å²) in [4.78, 5) is 24.6. The van der Waals surface area contributed by atoms with Crippen LogP contribution in [0.25, 0.3) is 0 Å². The van der Waals surface area contributed by atoms with Gasteiger partial charge < -0.3 is 10.1 Å². The van der Waals surface area contributed by atoms with Gasteiger partial charge in [0, 0.05) is 10.9 Å². The Kier molecular flexibility index (Phi) is 5.69. The van der Waals surface area contributed by atoms with Gasteiger partial charge in [-0.25, -0.2) is 0 Å². The number of rotatable bonds is 4. The van der Waals surface area contributed by atoms with E-state index in [4.69, 9.17) is 16.3 Å². The molecule has 1 aliphatic rings. The second-order valence-corrected chi connectivity index (χ2v) is 6.46. The van der Waals surface area contributed by atoms with Crippen LogP contribution in [0.4, 0.5) is 0 Å².